The zero-order valence-electron chi connectivity index (χ0n) is 6.85. The largest absolute Gasteiger partial charge is 0.398 e. The lowest BCUT2D eigenvalue weighted by Gasteiger charge is -2.03. The predicted molar refractivity (Wildman–Crippen MR) is 47.9 cm³/mol. The van der Waals surface area contributed by atoms with E-state index < -0.39 is 0 Å². The first-order chi connectivity index (χ1) is 5.66. The van der Waals surface area contributed by atoms with Crippen molar-refractivity contribution in [3.05, 3.63) is 23.3 Å². The van der Waals surface area contributed by atoms with E-state index in [4.69, 9.17) is 5.73 Å². The highest BCUT2D eigenvalue weighted by atomic mass is 16.1. The summed E-state index contributed by atoms with van der Waals surface area (Å²) in [5.41, 5.74) is 9.34. The van der Waals surface area contributed by atoms with E-state index in [1.54, 1.807) is 0 Å². The Hall–Kier alpha value is -1.51. The molecule has 0 unspecified atom stereocenters. The molecule has 0 fully saturated rings. The summed E-state index contributed by atoms with van der Waals surface area (Å²) in [6.45, 7) is 1.96. The zero-order chi connectivity index (χ0) is 8.72. The van der Waals surface area contributed by atoms with Crippen molar-refractivity contribution in [2.24, 2.45) is 0 Å². The van der Waals surface area contributed by atoms with Gasteiger partial charge in [0.2, 0.25) is 5.91 Å². The van der Waals surface area contributed by atoms with Gasteiger partial charge >= 0.3 is 0 Å². The number of nitrogens with one attached hydrogen (secondary N) is 1. The van der Waals surface area contributed by atoms with E-state index in [-0.39, 0.29) is 5.91 Å². The molecule has 3 nitrogen and oxygen atoms in total. The molecule has 0 saturated heterocycles. The maximum Gasteiger partial charge on any atom is 0.228 e. The number of nitrogen functional groups attached to an aromatic ring is 1. The number of carbonyl (C=O) groups is 1. The van der Waals surface area contributed by atoms with Crippen LogP contribution in [0.1, 0.15) is 11.1 Å². The normalized spacial score (nSPS) is 14.2. The molecule has 0 aliphatic carbocycles. The number of carbonyl (C=O) groups excluding carboxylic acids is 1. The van der Waals surface area contributed by atoms with Gasteiger partial charge in [-0.2, -0.15) is 0 Å². The summed E-state index contributed by atoms with van der Waals surface area (Å²) >= 11 is 0. The van der Waals surface area contributed by atoms with Gasteiger partial charge in [-0.25, -0.2) is 0 Å². The molecule has 12 heavy (non-hydrogen) atoms. The first kappa shape index (κ1) is 7.16. The number of aryl methyl sites for hydroxylation is 1. The number of rotatable bonds is 0. The van der Waals surface area contributed by atoms with E-state index in [2.05, 4.69) is 5.32 Å². The molecule has 1 aromatic carbocycles. The highest BCUT2D eigenvalue weighted by molar-refractivity contribution is 6.01. The van der Waals surface area contributed by atoms with E-state index in [0.29, 0.717) is 12.1 Å². The summed E-state index contributed by atoms with van der Waals surface area (Å²) in [7, 11) is 0. The fourth-order valence-corrected chi connectivity index (χ4v) is 1.51. The smallest absolute Gasteiger partial charge is 0.228 e. The van der Waals surface area contributed by atoms with Crippen molar-refractivity contribution in [2.45, 2.75) is 13.3 Å². The molecule has 3 N–H and O–H groups in total. The van der Waals surface area contributed by atoms with Gasteiger partial charge in [0.25, 0.3) is 0 Å². The number of amides is 1. The second kappa shape index (κ2) is 2.24. The molecule has 0 radical (unpaired) electrons. The maximum absolute atomic E-state index is 11.0. The first-order valence-corrected chi connectivity index (χ1v) is 3.85. The van der Waals surface area contributed by atoms with Crippen LogP contribution in [0.4, 0.5) is 11.4 Å². The molecule has 2 rings (SSSR count). The monoisotopic (exact) mass is 162 g/mol. The Morgan fingerprint density at radius 2 is 2.25 bits per heavy atom. The molecule has 1 aliphatic rings. The van der Waals surface area contributed by atoms with Crippen molar-refractivity contribution >= 4 is 17.3 Å². The van der Waals surface area contributed by atoms with Crippen molar-refractivity contribution in [1.82, 2.24) is 0 Å². The lowest BCUT2D eigenvalue weighted by Crippen LogP contribution is -2.03. The molecule has 0 saturated carbocycles. The molecule has 0 spiro atoms. The molecule has 0 aromatic heterocycles. The summed E-state index contributed by atoms with van der Waals surface area (Å²) in [6, 6.07) is 3.83. The van der Waals surface area contributed by atoms with E-state index in [9.17, 15) is 4.79 Å². The molecule has 1 heterocycles. The number of hydrogen-bond donors (Lipinski definition) is 2. The van der Waals surface area contributed by atoms with Crippen LogP contribution < -0.4 is 11.1 Å². The van der Waals surface area contributed by atoms with Crippen LogP contribution in [0.5, 0.6) is 0 Å². The van der Waals surface area contributed by atoms with Crippen molar-refractivity contribution in [3.63, 3.8) is 0 Å². The van der Waals surface area contributed by atoms with E-state index in [0.717, 1.165) is 16.8 Å². The molecular weight excluding hydrogens is 152 g/mol. The van der Waals surface area contributed by atoms with Crippen LogP contribution in [0.2, 0.25) is 0 Å². The van der Waals surface area contributed by atoms with Crippen LogP contribution in [0, 0.1) is 6.92 Å². The number of benzene rings is 1. The maximum atomic E-state index is 11.0. The number of anilines is 2. The Balaban J connectivity index is 2.59. The SMILES string of the molecule is Cc1cc(N)c2c(c1)NC(=O)C2. The quantitative estimate of drug-likeness (QED) is 0.561. The summed E-state index contributed by atoms with van der Waals surface area (Å²) < 4.78 is 0. The van der Waals surface area contributed by atoms with Gasteiger partial charge in [-0.15, -0.1) is 0 Å². The van der Waals surface area contributed by atoms with Crippen LogP contribution in [-0.2, 0) is 11.2 Å². The Bertz CT molecular complexity index is 358. The van der Waals surface area contributed by atoms with Crippen molar-refractivity contribution < 1.29 is 4.79 Å². The van der Waals surface area contributed by atoms with Crippen molar-refractivity contribution in [1.29, 1.82) is 0 Å². The van der Waals surface area contributed by atoms with Gasteiger partial charge in [0.05, 0.1) is 6.42 Å². The Labute approximate surface area is 70.6 Å². The summed E-state index contributed by atoms with van der Waals surface area (Å²) in [6.07, 6.45) is 0.418. The highest BCUT2D eigenvalue weighted by Gasteiger charge is 2.19. The molecule has 3 heteroatoms. The highest BCUT2D eigenvalue weighted by Crippen LogP contribution is 2.29. The van der Waals surface area contributed by atoms with Gasteiger partial charge in [-0.3, -0.25) is 4.79 Å². The molecule has 1 aromatic rings. The Kier molecular flexibility index (Phi) is 1.33. The molecule has 0 atom stereocenters. The van der Waals surface area contributed by atoms with E-state index in [1.807, 2.05) is 19.1 Å². The standard InChI is InChI=1S/C9H10N2O/c1-5-2-7(10)6-4-9(12)11-8(6)3-5/h2-3H,4,10H2,1H3,(H,11,12). The van der Waals surface area contributed by atoms with Crippen molar-refractivity contribution in [2.75, 3.05) is 11.1 Å². The molecule has 0 bridgehead atoms. The first-order valence-electron chi connectivity index (χ1n) is 3.85. The van der Waals surface area contributed by atoms with Gasteiger partial charge in [0, 0.05) is 16.9 Å². The van der Waals surface area contributed by atoms with Crippen molar-refractivity contribution in [3.8, 4) is 0 Å². The van der Waals surface area contributed by atoms with Gasteiger partial charge < -0.3 is 11.1 Å². The van der Waals surface area contributed by atoms with Crippen LogP contribution in [-0.4, -0.2) is 5.91 Å². The third kappa shape index (κ3) is 0.942. The predicted octanol–water partition coefficient (Wildman–Crippen LogP) is 1.07. The minimum Gasteiger partial charge on any atom is -0.398 e. The second-order valence-corrected chi connectivity index (χ2v) is 3.11. The lowest BCUT2D eigenvalue weighted by atomic mass is 10.1. The van der Waals surface area contributed by atoms with Gasteiger partial charge in [-0.05, 0) is 24.6 Å². The van der Waals surface area contributed by atoms with E-state index in [1.165, 1.54) is 0 Å². The number of fused-ring (bicyclic) bond motifs is 1. The number of hydrogen-bond acceptors (Lipinski definition) is 2. The minimum atomic E-state index is 0.0299. The fourth-order valence-electron chi connectivity index (χ4n) is 1.51. The molecule has 62 valence electrons. The third-order valence-corrected chi connectivity index (χ3v) is 2.04. The summed E-state index contributed by atoms with van der Waals surface area (Å²) in [5, 5.41) is 2.76. The van der Waals surface area contributed by atoms with Crippen LogP contribution >= 0.6 is 0 Å². The molecule has 1 aliphatic heterocycles. The lowest BCUT2D eigenvalue weighted by molar-refractivity contribution is -0.115. The average molecular weight is 162 g/mol. The van der Waals surface area contributed by atoms with Crippen LogP contribution in [0.3, 0.4) is 0 Å². The minimum absolute atomic E-state index is 0.0299. The van der Waals surface area contributed by atoms with Crippen LogP contribution in [0.15, 0.2) is 12.1 Å². The van der Waals surface area contributed by atoms with Gasteiger partial charge in [0.15, 0.2) is 0 Å². The van der Waals surface area contributed by atoms with Gasteiger partial charge in [-0.1, -0.05) is 0 Å². The van der Waals surface area contributed by atoms with E-state index >= 15 is 0 Å². The zero-order valence-corrected chi connectivity index (χ0v) is 6.85. The fraction of sp³-hybridized carbons (Fsp3) is 0.222. The Morgan fingerprint density at radius 1 is 1.50 bits per heavy atom. The third-order valence-electron chi connectivity index (χ3n) is 2.04. The topological polar surface area (TPSA) is 55.1 Å². The average Bonchev–Trinajstić information content (AvgIpc) is 2.29. The molecular formula is C9H10N2O. The number of nitrogens with two attached hydrogens (primary N) is 1. The van der Waals surface area contributed by atoms with Crippen LogP contribution in [0.25, 0.3) is 0 Å². The second-order valence-electron chi connectivity index (χ2n) is 3.11. The summed E-state index contributed by atoms with van der Waals surface area (Å²) in [5.74, 6) is 0.0299. The van der Waals surface area contributed by atoms with Gasteiger partial charge in [0.1, 0.15) is 0 Å². The molecule has 1 amide bonds. The summed E-state index contributed by atoms with van der Waals surface area (Å²) in [4.78, 5) is 11.0. The Morgan fingerprint density at radius 3 is 3.00 bits per heavy atom.